The predicted molar refractivity (Wildman–Crippen MR) is 103 cm³/mol. The molecule has 0 N–H and O–H groups in total. The van der Waals surface area contributed by atoms with E-state index in [1.807, 2.05) is 0 Å². The third-order valence-electron chi connectivity index (χ3n) is 4.79. The lowest BCUT2D eigenvalue weighted by Gasteiger charge is -2.15. The van der Waals surface area contributed by atoms with Crippen LogP contribution in [0, 0.1) is 11.7 Å². The molecular weight excluding hydrogens is 397 g/mol. The molecule has 1 aromatic carbocycles. The highest BCUT2D eigenvalue weighted by atomic mass is 32.2. The van der Waals surface area contributed by atoms with Gasteiger partial charge in [-0.1, -0.05) is 12.1 Å². The molecule has 0 amide bonds. The van der Waals surface area contributed by atoms with Gasteiger partial charge >= 0.3 is 0 Å². The standard InChI is InChI=1S/C19H20FN5O3S/c1-24-12-17(10-21-24)29(26,27)25-8-7-14(11-25)13-28-19-6-5-18(22-23-19)15-3-2-4-16(20)9-15/h2-6,9-10,12,14H,7-8,11,13H2,1H3. The van der Waals surface area contributed by atoms with E-state index in [0.717, 1.165) is 0 Å². The van der Waals surface area contributed by atoms with Gasteiger partial charge in [0.1, 0.15) is 10.7 Å². The largest absolute Gasteiger partial charge is 0.476 e. The van der Waals surface area contributed by atoms with Gasteiger partial charge in [-0.05, 0) is 24.6 Å². The van der Waals surface area contributed by atoms with Gasteiger partial charge in [0.2, 0.25) is 15.9 Å². The summed E-state index contributed by atoms with van der Waals surface area (Å²) in [6.07, 6.45) is 3.55. The Labute approximate surface area is 168 Å². The minimum absolute atomic E-state index is 0.0612. The van der Waals surface area contributed by atoms with E-state index in [4.69, 9.17) is 4.74 Å². The Morgan fingerprint density at radius 3 is 2.79 bits per heavy atom. The van der Waals surface area contributed by atoms with Crippen molar-refractivity contribution in [1.82, 2.24) is 24.3 Å². The highest BCUT2D eigenvalue weighted by molar-refractivity contribution is 7.89. The lowest BCUT2D eigenvalue weighted by molar-refractivity contribution is 0.244. The summed E-state index contributed by atoms with van der Waals surface area (Å²) in [6.45, 7) is 1.16. The van der Waals surface area contributed by atoms with Crippen molar-refractivity contribution in [2.45, 2.75) is 11.3 Å². The first-order valence-electron chi connectivity index (χ1n) is 9.13. The van der Waals surface area contributed by atoms with Crippen LogP contribution in [-0.2, 0) is 17.1 Å². The first-order valence-corrected chi connectivity index (χ1v) is 10.6. The molecule has 29 heavy (non-hydrogen) atoms. The monoisotopic (exact) mass is 417 g/mol. The number of hydrogen-bond acceptors (Lipinski definition) is 6. The predicted octanol–water partition coefficient (Wildman–Crippen LogP) is 2.11. The molecule has 1 fully saturated rings. The summed E-state index contributed by atoms with van der Waals surface area (Å²) < 4.78 is 47.2. The average molecular weight is 417 g/mol. The maximum atomic E-state index is 13.3. The third kappa shape index (κ3) is 4.28. The molecule has 2 aromatic heterocycles. The summed E-state index contributed by atoms with van der Waals surface area (Å²) in [5.41, 5.74) is 1.18. The van der Waals surface area contributed by atoms with Crippen molar-refractivity contribution in [3.63, 3.8) is 0 Å². The highest BCUT2D eigenvalue weighted by Crippen LogP contribution is 2.25. The van der Waals surface area contributed by atoms with E-state index in [2.05, 4.69) is 15.3 Å². The molecule has 1 aliphatic heterocycles. The number of halogens is 1. The summed E-state index contributed by atoms with van der Waals surface area (Å²) in [5.74, 6) is 0.0708. The Morgan fingerprint density at radius 2 is 2.10 bits per heavy atom. The van der Waals surface area contributed by atoms with E-state index in [9.17, 15) is 12.8 Å². The molecule has 3 heterocycles. The van der Waals surface area contributed by atoms with Gasteiger partial charge in [-0.15, -0.1) is 10.2 Å². The SMILES string of the molecule is Cn1cc(S(=O)(=O)N2CCC(COc3ccc(-c4cccc(F)c4)nn3)C2)cn1. The Bertz CT molecular complexity index is 1100. The van der Waals surface area contributed by atoms with Gasteiger partial charge in [0.15, 0.2) is 0 Å². The topological polar surface area (TPSA) is 90.2 Å². The second kappa shape index (κ2) is 7.88. The fraction of sp³-hybridized carbons (Fsp3) is 0.316. The summed E-state index contributed by atoms with van der Waals surface area (Å²) in [7, 11) is -1.86. The summed E-state index contributed by atoms with van der Waals surface area (Å²) in [6, 6.07) is 9.51. The second-order valence-electron chi connectivity index (χ2n) is 6.95. The van der Waals surface area contributed by atoms with Gasteiger partial charge in [-0.2, -0.15) is 9.40 Å². The van der Waals surface area contributed by atoms with Crippen LogP contribution in [0.15, 0.2) is 53.7 Å². The van der Waals surface area contributed by atoms with E-state index >= 15 is 0 Å². The Hall–Kier alpha value is -2.85. The van der Waals surface area contributed by atoms with Crippen LogP contribution in [0.25, 0.3) is 11.3 Å². The molecule has 10 heteroatoms. The minimum atomic E-state index is -3.54. The van der Waals surface area contributed by atoms with Crippen LogP contribution < -0.4 is 4.74 Å². The molecule has 4 rings (SSSR count). The highest BCUT2D eigenvalue weighted by Gasteiger charge is 2.33. The van der Waals surface area contributed by atoms with Crippen molar-refractivity contribution in [3.8, 4) is 17.1 Å². The summed E-state index contributed by atoms with van der Waals surface area (Å²) in [4.78, 5) is 0.195. The van der Waals surface area contributed by atoms with Crippen molar-refractivity contribution in [1.29, 1.82) is 0 Å². The number of sulfonamides is 1. The first kappa shape index (κ1) is 19.5. The van der Waals surface area contributed by atoms with Gasteiger partial charge in [0, 0.05) is 43.9 Å². The van der Waals surface area contributed by atoms with Crippen molar-refractivity contribution in [2.24, 2.45) is 13.0 Å². The molecule has 0 saturated carbocycles. The van der Waals surface area contributed by atoms with Crippen LogP contribution in [0.4, 0.5) is 4.39 Å². The molecule has 0 radical (unpaired) electrons. The van der Waals surface area contributed by atoms with Crippen molar-refractivity contribution in [3.05, 3.63) is 54.6 Å². The number of aromatic nitrogens is 4. The molecule has 1 unspecified atom stereocenters. The molecule has 3 aromatic rings. The van der Waals surface area contributed by atoms with Crippen LogP contribution in [0.3, 0.4) is 0 Å². The average Bonchev–Trinajstić information content (AvgIpc) is 3.37. The lowest BCUT2D eigenvalue weighted by atomic mass is 10.1. The maximum Gasteiger partial charge on any atom is 0.246 e. The number of benzene rings is 1. The molecule has 1 atom stereocenters. The fourth-order valence-corrected chi connectivity index (χ4v) is 4.75. The maximum absolute atomic E-state index is 13.3. The number of rotatable bonds is 6. The first-order chi connectivity index (χ1) is 13.9. The third-order valence-corrected chi connectivity index (χ3v) is 6.61. The molecule has 152 valence electrons. The van der Waals surface area contributed by atoms with Crippen LogP contribution in [-0.4, -0.2) is 52.4 Å². The van der Waals surface area contributed by atoms with Gasteiger partial charge < -0.3 is 4.74 Å². The summed E-state index contributed by atoms with van der Waals surface area (Å²) in [5, 5.41) is 12.0. The number of aryl methyl sites for hydroxylation is 1. The quantitative estimate of drug-likeness (QED) is 0.610. The lowest BCUT2D eigenvalue weighted by Crippen LogP contribution is -2.29. The van der Waals surface area contributed by atoms with Crippen LogP contribution in [0.2, 0.25) is 0 Å². The van der Waals surface area contributed by atoms with E-state index in [1.165, 1.54) is 33.5 Å². The molecule has 1 saturated heterocycles. The van der Waals surface area contributed by atoms with E-state index in [0.29, 0.717) is 43.3 Å². The smallest absolute Gasteiger partial charge is 0.246 e. The molecule has 1 aliphatic rings. The van der Waals surface area contributed by atoms with Crippen molar-refractivity contribution < 1.29 is 17.5 Å². The van der Waals surface area contributed by atoms with Gasteiger partial charge in [0.25, 0.3) is 0 Å². The van der Waals surface area contributed by atoms with Gasteiger partial charge in [-0.3, -0.25) is 4.68 Å². The molecule has 0 bridgehead atoms. The van der Waals surface area contributed by atoms with E-state index in [1.54, 1.807) is 31.3 Å². The molecule has 0 aliphatic carbocycles. The fourth-order valence-electron chi connectivity index (χ4n) is 3.23. The number of nitrogens with zero attached hydrogens (tertiary/aromatic N) is 5. The molecular formula is C19H20FN5O3S. The molecule has 0 spiro atoms. The van der Waals surface area contributed by atoms with E-state index in [-0.39, 0.29) is 16.6 Å². The Morgan fingerprint density at radius 1 is 1.24 bits per heavy atom. The number of hydrogen-bond donors (Lipinski definition) is 0. The summed E-state index contributed by atoms with van der Waals surface area (Å²) >= 11 is 0. The van der Waals surface area contributed by atoms with Crippen LogP contribution in [0.1, 0.15) is 6.42 Å². The van der Waals surface area contributed by atoms with E-state index < -0.39 is 10.0 Å². The zero-order valence-electron chi connectivity index (χ0n) is 15.8. The van der Waals surface area contributed by atoms with Crippen LogP contribution >= 0.6 is 0 Å². The molecule has 8 nitrogen and oxygen atoms in total. The normalized spacial score (nSPS) is 17.5. The minimum Gasteiger partial charge on any atom is -0.476 e. The Kier molecular flexibility index (Phi) is 5.29. The zero-order chi connectivity index (χ0) is 20.4. The van der Waals surface area contributed by atoms with Crippen LogP contribution in [0.5, 0.6) is 5.88 Å². The zero-order valence-corrected chi connectivity index (χ0v) is 16.6. The van der Waals surface area contributed by atoms with Gasteiger partial charge in [0.05, 0.1) is 18.5 Å². The number of ether oxygens (including phenoxy) is 1. The van der Waals surface area contributed by atoms with Crippen molar-refractivity contribution >= 4 is 10.0 Å². The second-order valence-corrected chi connectivity index (χ2v) is 8.88. The van der Waals surface area contributed by atoms with Gasteiger partial charge in [-0.25, -0.2) is 12.8 Å². The van der Waals surface area contributed by atoms with Crippen molar-refractivity contribution in [2.75, 3.05) is 19.7 Å². The Balaban J connectivity index is 1.34.